The molecule has 0 aliphatic heterocycles. The summed E-state index contributed by atoms with van der Waals surface area (Å²) in [5.74, 6) is -1.27. The third-order valence-corrected chi connectivity index (χ3v) is 6.12. The van der Waals surface area contributed by atoms with Crippen LogP contribution < -0.4 is 21.7 Å². The lowest BCUT2D eigenvalue weighted by Gasteiger charge is -2.20. The molecule has 0 radical (unpaired) electrons. The molecule has 0 saturated carbocycles. The van der Waals surface area contributed by atoms with E-state index in [0.29, 0.717) is 22.5 Å². The molecule has 1 heterocycles. The quantitative estimate of drug-likeness (QED) is 0.200. The topological polar surface area (TPSA) is 141 Å². The predicted molar refractivity (Wildman–Crippen MR) is 151 cm³/mol. The number of anilines is 1. The van der Waals surface area contributed by atoms with Gasteiger partial charge in [-0.15, -0.1) is 0 Å². The molecule has 3 rings (SSSR count). The first-order valence-electron chi connectivity index (χ1n) is 11.2. The van der Waals surface area contributed by atoms with E-state index in [9.17, 15) is 14.4 Å². The molecule has 0 fully saturated rings. The number of nitrogens with zero attached hydrogens (tertiary/aromatic N) is 1. The molecule has 0 atom stereocenters. The van der Waals surface area contributed by atoms with Gasteiger partial charge in [-0.25, -0.2) is 0 Å². The average molecular weight is 610 g/mol. The zero-order chi connectivity index (χ0) is 27.5. The van der Waals surface area contributed by atoms with Crippen LogP contribution in [0.5, 0.6) is 0 Å². The Bertz CT molecular complexity index is 1390. The maximum Gasteiger partial charge on any atom is 0.268 e. The van der Waals surface area contributed by atoms with Crippen LogP contribution in [0.1, 0.15) is 49.3 Å². The smallest absolute Gasteiger partial charge is 0.268 e. The number of aromatic nitrogens is 1. The Labute approximate surface area is 232 Å². The zero-order valence-electron chi connectivity index (χ0n) is 20.7. The lowest BCUT2D eigenvalue weighted by atomic mass is 10.0. The highest BCUT2D eigenvalue weighted by atomic mass is 79.9. The van der Waals surface area contributed by atoms with Crippen LogP contribution in [0.4, 0.5) is 5.69 Å². The molecule has 0 aliphatic carbocycles. The molecular formula is C25H27BrCl2N6O3. The van der Waals surface area contributed by atoms with Crippen LogP contribution in [0.2, 0.25) is 10.0 Å². The van der Waals surface area contributed by atoms with Crippen molar-refractivity contribution in [3.05, 3.63) is 61.7 Å². The molecule has 6 N–H and O–H groups in total. The Kier molecular flexibility index (Phi) is 8.88. The summed E-state index contributed by atoms with van der Waals surface area (Å²) < 4.78 is 0.807. The monoisotopic (exact) mass is 608 g/mol. The minimum atomic E-state index is -0.534. The summed E-state index contributed by atoms with van der Waals surface area (Å²) in [6.07, 6.45) is -0.144. The van der Waals surface area contributed by atoms with Gasteiger partial charge in [-0.3, -0.25) is 14.4 Å². The molecule has 0 aliphatic rings. The third kappa shape index (κ3) is 7.70. The molecule has 2 aromatic carbocycles. The number of carbonyl (C=O) groups excluding carboxylic acids is 3. The fourth-order valence-electron chi connectivity index (χ4n) is 3.58. The van der Waals surface area contributed by atoms with Crippen LogP contribution in [0, 0.1) is 0 Å². The largest absolute Gasteiger partial charge is 0.370 e. The van der Waals surface area contributed by atoms with Crippen molar-refractivity contribution >= 4 is 79.4 Å². The second-order valence-corrected chi connectivity index (χ2v) is 11.1. The van der Waals surface area contributed by atoms with Crippen molar-refractivity contribution in [1.29, 1.82) is 0 Å². The van der Waals surface area contributed by atoms with E-state index in [1.807, 2.05) is 39.0 Å². The van der Waals surface area contributed by atoms with E-state index in [2.05, 4.69) is 41.9 Å². The van der Waals surface area contributed by atoms with Gasteiger partial charge in [0.2, 0.25) is 5.91 Å². The Morgan fingerprint density at radius 3 is 2.35 bits per heavy atom. The van der Waals surface area contributed by atoms with Crippen molar-refractivity contribution in [3.63, 3.8) is 0 Å². The van der Waals surface area contributed by atoms with Crippen LogP contribution in [0.3, 0.4) is 0 Å². The van der Waals surface area contributed by atoms with Crippen molar-refractivity contribution < 1.29 is 14.4 Å². The number of amides is 3. The zero-order valence-corrected chi connectivity index (χ0v) is 23.8. The Morgan fingerprint density at radius 2 is 1.76 bits per heavy atom. The lowest BCUT2D eigenvalue weighted by Crippen LogP contribution is -2.41. The molecule has 1 aromatic heterocycles. The van der Waals surface area contributed by atoms with Crippen LogP contribution >= 0.6 is 39.1 Å². The second-order valence-electron chi connectivity index (χ2n) is 9.41. The molecule has 37 heavy (non-hydrogen) atoms. The average Bonchev–Trinajstić information content (AvgIpc) is 3.11. The van der Waals surface area contributed by atoms with Crippen molar-refractivity contribution in [1.82, 2.24) is 15.6 Å². The number of guanidine groups is 1. The summed E-state index contributed by atoms with van der Waals surface area (Å²) in [6, 6.07) is 8.74. The molecule has 12 heteroatoms. The first kappa shape index (κ1) is 28.5. The van der Waals surface area contributed by atoms with Gasteiger partial charge in [-0.2, -0.15) is 4.99 Å². The number of nitrogens with one attached hydrogen (secondary N) is 4. The molecular weight excluding hydrogens is 583 g/mol. The molecule has 0 bridgehead atoms. The minimum Gasteiger partial charge on any atom is -0.370 e. The Balaban J connectivity index is 1.78. The van der Waals surface area contributed by atoms with Crippen LogP contribution in [0.15, 0.2) is 39.8 Å². The summed E-state index contributed by atoms with van der Waals surface area (Å²) in [6.45, 7) is 7.16. The number of nitrogens with two attached hydrogens (primary N) is 1. The van der Waals surface area contributed by atoms with Gasteiger partial charge in [0, 0.05) is 34.4 Å². The number of carbonyl (C=O) groups is 3. The minimum absolute atomic E-state index is 0.107. The number of hydrogen-bond acceptors (Lipinski definition) is 3. The highest BCUT2D eigenvalue weighted by molar-refractivity contribution is 9.10. The molecule has 196 valence electrons. The standard InChI is InChI=1S/C25H27BrCl2N6O3/c1-12(35)31-22-17(27)7-13(8-18(22)28)11-30-24(29)33-20(36)10-16-15-9-14(26)5-6-19(15)32-21(16)23(37)34-25(2,3)4/h5-9,32H,10-11H2,1-4H3,(H,31,35)(H,34,37)(H3,29,30,33,36). The Morgan fingerprint density at radius 1 is 1.11 bits per heavy atom. The molecule has 3 aromatic rings. The third-order valence-electron chi connectivity index (χ3n) is 5.03. The number of aliphatic imine (C=N–C) groups is 1. The summed E-state index contributed by atoms with van der Waals surface area (Å²) in [5.41, 5.74) is 7.99. The van der Waals surface area contributed by atoms with Gasteiger partial charge < -0.3 is 26.7 Å². The lowest BCUT2D eigenvalue weighted by molar-refractivity contribution is -0.117. The maximum absolute atomic E-state index is 13.0. The van der Waals surface area contributed by atoms with Gasteiger partial charge in [-0.1, -0.05) is 39.1 Å². The summed E-state index contributed by atoms with van der Waals surface area (Å²) >= 11 is 15.9. The second kappa shape index (κ2) is 11.5. The number of H-pyrrole nitrogens is 1. The van der Waals surface area contributed by atoms with Gasteiger partial charge in [0.1, 0.15) is 5.69 Å². The van der Waals surface area contributed by atoms with Crippen LogP contribution in [-0.4, -0.2) is 34.2 Å². The van der Waals surface area contributed by atoms with Crippen molar-refractivity contribution in [2.45, 2.75) is 46.2 Å². The van der Waals surface area contributed by atoms with Gasteiger partial charge in [0.15, 0.2) is 5.96 Å². The van der Waals surface area contributed by atoms with E-state index < -0.39 is 11.4 Å². The van der Waals surface area contributed by atoms with Gasteiger partial charge in [0.05, 0.1) is 22.2 Å². The van der Waals surface area contributed by atoms with Gasteiger partial charge in [0.25, 0.3) is 11.8 Å². The number of aromatic amines is 1. The molecule has 0 spiro atoms. The van der Waals surface area contributed by atoms with Crippen molar-refractivity contribution in [3.8, 4) is 0 Å². The summed E-state index contributed by atoms with van der Waals surface area (Å²) in [5, 5.41) is 9.59. The Hall–Kier alpha value is -3.08. The number of hydrogen-bond donors (Lipinski definition) is 5. The van der Waals surface area contributed by atoms with Crippen molar-refractivity contribution in [2.24, 2.45) is 10.7 Å². The predicted octanol–water partition coefficient (Wildman–Crippen LogP) is 4.90. The number of halogens is 3. The fraction of sp³-hybridized carbons (Fsp3) is 0.280. The van der Waals surface area contributed by atoms with Crippen LogP contribution in [0.25, 0.3) is 10.9 Å². The van der Waals surface area contributed by atoms with Gasteiger partial charge >= 0.3 is 0 Å². The molecule has 3 amide bonds. The SMILES string of the molecule is CC(=O)Nc1c(Cl)cc(CN/C(N)=N/C(=O)Cc2c(C(=O)NC(C)(C)C)[nH]c3ccc(Br)cc23)cc1Cl. The first-order chi connectivity index (χ1) is 17.2. The van der Waals surface area contributed by atoms with Gasteiger partial charge in [-0.05, 0) is 62.2 Å². The fourth-order valence-corrected chi connectivity index (χ4v) is 4.57. The van der Waals surface area contributed by atoms with Crippen molar-refractivity contribution in [2.75, 3.05) is 5.32 Å². The number of benzene rings is 2. The van der Waals surface area contributed by atoms with E-state index in [0.717, 1.165) is 15.4 Å². The summed E-state index contributed by atoms with van der Waals surface area (Å²) in [4.78, 5) is 44.1. The number of fused-ring (bicyclic) bond motifs is 1. The first-order valence-corrected chi connectivity index (χ1v) is 12.8. The highest BCUT2D eigenvalue weighted by Gasteiger charge is 2.23. The van der Waals surface area contributed by atoms with E-state index in [4.69, 9.17) is 28.9 Å². The maximum atomic E-state index is 13.0. The van der Waals surface area contributed by atoms with Crippen LogP contribution in [-0.2, 0) is 22.6 Å². The molecule has 9 nitrogen and oxygen atoms in total. The molecule has 0 saturated heterocycles. The van der Waals surface area contributed by atoms with E-state index in [1.54, 1.807) is 12.1 Å². The number of rotatable bonds is 6. The van der Waals surface area contributed by atoms with E-state index in [1.165, 1.54) is 6.92 Å². The normalized spacial score (nSPS) is 11.9. The highest BCUT2D eigenvalue weighted by Crippen LogP contribution is 2.32. The van der Waals surface area contributed by atoms with E-state index in [-0.39, 0.29) is 40.8 Å². The summed E-state index contributed by atoms with van der Waals surface area (Å²) in [7, 11) is 0. The van der Waals surface area contributed by atoms with E-state index >= 15 is 0 Å². The molecule has 0 unspecified atom stereocenters.